The van der Waals surface area contributed by atoms with Crippen LogP contribution < -0.4 is 15.6 Å². The van der Waals surface area contributed by atoms with Crippen LogP contribution in [0.2, 0.25) is 0 Å². The lowest BCUT2D eigenvalue weighted by atomic mass is 10.0. The monoisotopic (exact) mass is 562 g/mol. The van der Waals surface area contributed by atoms with Gasteiger partial charge in [-0.1, -0.05) is 6.07 Å². The molecule has 3 aromatic heterocycles. The first-order valence-electron chi connectivity index (χ1n) is 12.4. The number of ether oxygens (including phenoxy) is 2. The van der Waals surface area contributed by atoms with Crippen LogP contribution in [0.1, 0.15) is 15.9 Å². The number of H-pyrrole nitrogens is 1. The van der Waals surface area contributed by atoms with Gasteiger partial charge in [0.1, 0.15) is 17.0 Å². The summed E-state index contributed by atoms with van der Waals surface area (Å²) in [6.45, 7) is 0.00269. The second kappa shape index (κ2) is 12.0. The van der Waals surface area contributed by atoms with E-state index in [-0.39, 0.29) is 36.7 Å². The van der Waals surface area contributed by atoms with Crippen LogP contribution in [0.5, 0.6) is 11.5 Å². The molecule has 1 unspecified atom stereocenters. The fraction of sp³-hybridized carbons (Fsp3) is 0.179. The largest absolute Gasteiger partial charge is 0.453 e. The van der Waals surface area contributed by atoms with Gasteiger partial charge in [0.25, 0.3) is 5.56 Å². The van der Waals surface area contributed by atoms with Gasteiger partial charge in [-0.25, -0.2) is 13.8 Å². The molecule has 0 radical (unpaired) electrons. The Balaban J connectivity index is 1.35. The van der Waals surface area contributed by atoms with Gasteiger partial charge in [-0.05, 0) is 48.0 Å². The zero-order chi connectivity index (χ0) is 28.9. The molecule has 0 bridgehead atoms. The number of Topliss-reactive ketones (excluding diaryl/α,β-unsaturated/α-hetero) is 1. The number of nitrogens with one attached hydrogen (secondary N) is 2. The second-order valence-corrected chi connectivity index (χ2v) is 8.99. The molecule has 13 heteroatoms. The number of ketones is 1. The van der Waals surface area contributed by atoms with Gasteiger partial charge in [-0.3, -0.25) is 14.7 Å². The molecule has 3 N–H and O–H groups in total. The number of benzene rings is 2. The van der Waals surface area contributed by atoms with Crippen LogP contribution >= 0.6 is 0 Å². The van der Waals surface area contributed by atoms with Crippen molar-refractivity contribution in [1.29, 1.82) is 0 Å². The summed E-state index contributed by atoms with van der Waals surface area (Å²) < 4.78 is 40.3. The molecule has 0 aliphatic heterocycles. The minimum atomic E-state index is -0.732. The number of hydrogen-bond donors (Lipinski definition) is 3. The lowest BCUT2D eigenvalue weighted by molar-refractivity contribution is 0.0990. The topological polar surface area (TPSA) is 144 Å². The number of rotatable bonds is 11. The van der Waals surface area contributed by atoms with E-state index in [1.807, 2.05) is 0 Å². The molecule has 0 aliphatic rings. The molecule has 5 aromatic rings. The SMILES string of the molecule is COCC(CO)Nc1n[nH]c2nccc(Oc3ccc(CC(=O)c4ccnn(-c5ccc(F)cc5)c4=O)cc3F)c12. The third kappa shape index (κ3) is 5.95. The molecule has 0 amide bonds. The van der Waals surface area contributed by atoms with Crippen molar-refractivity contribution in [3.8, 4) is 17.2 Å². The Kier molecular flexibility index (Phi) is 8.08. The molecule has 0 fully saturated rings. The number of aromatic amines is 1. The van der Waals surface area contributed by atoms with E-state index < -0.39 is 29.0 Å². The zero-order valence-corrected chi connectivity index (χ0v) is 21.7. The maximum Gasteiger partial charge on any atom is 0.282 e. The quantitative estimate of drug-likeness (QED) is 0.206. The van der Waals surface area contributed by atoms with Crippen LogP contribution in [-0.4, -0.2) is 62.2 Å². The number of carbonyl (C=O) groups is 1. The minimum absolute atomic E-state index is 0.112. The minimum Gasteiger partial charge on any atom is -0.453 e. The average Bonchev–Trinajstić information content (AvgIpc) is 3.38. The number of anilines is 1. The Labute approximate surface area is 231 Å². The fourth-order valence-electron chi connectivity index (χ4n) is 4.17. The van der Waals surface area contributed by atoms with E-state index in [0.29, 0.717) is 28.1 Å². The van der Waals surface area contributed by atoms with Crippen LogP contribution in [0.25, 0.3) is 16.7 Å². The fourth-order valence-corrected chi connectivity index (χ4v) is 4.17. The number of nitrogens with zero attached hydrogens (tertiary/aromatic N) is 4. The van der Waals surface area contributed by atoms with Gasteiger partial charge in [0.05, 0.1) is 30.5 Å². The summed E-state index contributed by atoms with van der Waals surface area (Å²) in [7, 11) is 1.50. The summed E-state index contributed by atoms with van der Waals surface area (Å²) in [5.41, 5.74) is 0.180. The van der Waals surface area contributed by atoms with Crippen LogP contribution in [-0.2, 0) is 11.2 Å². The number of aliphatic hydroxyl groups is 1. The zero-order valence-electron chi connectivity index (χ0n) is 21.7. The van der Waals surface area contributed by atoms with E-state index in [0.717, 1.165) is 10.7 Å². The van der Waals surface area contributed by atoms with Gasteiger partial charge in [0, 0.05) is 32.0 Å². The van der Waals surface area contributed by atoms with Crippen molar-refractivity contribution in [2.45, 2.75) is 12.5 Å². The van der Waals surface area contributed by atoms with Gasteiger partial charge >= 0.3 is 0 Å². The van der Waals surface area contributed by atoms with Crippen molar-refractivity contribution < 1.29 is 28.2 Å². The van der Waals surface area contributed by atoms with E-state index in [1.165, 1.54) is 62.0 Å². The number of carbonyl (C=O) groups excluding carboxylic acids is 1. The first kappa shape index (κ1) is 27.6. The van der Waals surface area contributed by atoms with E-state index in [2.05, 4.69) is 25.6 Å². The van der Waals surface area contributed by atoms with E-state index >= 15 is 4.39 Å². The summed E-state index contributed by atoms with van der Waals surface area (Å²) in [5, 5.41) is 24.0. The standard InChI is InChI=1S/C28H24F2N6O5/c1-40-15-18(14-37)33-27-25-24(9-10-31-26(25)34-35-27)41-23-7-2-16(12-21(23)30)13-22(38)20-8-11-32-36(28(20)39)19-5-3-17(29)4-6-19/h2-12,18,37H,13-15H2,1H3,(H2,31,33,34,35). The van der Waals surface area contributed by atoms with Gasteiger partial charge in [-0.2, -0.15) is 14.9 Å². The van der Waals surface area contributed by atoms with Crippen LogP contribution in [0.4, 0.5) is 14.6 Å². The van der Waals surface area contributed by atoms with Crippen molar-refractivity contribution in [3.63, 3.8) is 0 Å². The van der Waals surface area contributed by atoms with E-state index in [4.69, 9.17) is 9.47 Å². The van der Waals surface area contributed by atoms with Crippen molar-refractivity contribution in [3.05, 3.63) is 100 Å². The van der Waals surface area contributed by atoms with Crippen molar-refractivity contribution in [1.82, 2.24) is 25.0 Å². The summed E-state index contributed by atoms with van der Waals surface area (Å²) in [6, 6.07) is 11.5. The number of hydrogen-bond acceptors (Lipinski definition) is 9. The van der Waals surface area contributed by atoms with E-state index in [9.17, 15) is 19.1 Å². The number of aromatic nitrogens is 5. The molecule has 5 rings (SSSR count). The average molecular weight is 563 g/mol. The predicted octanol–water partition coefficient (Wildman–Crippen LogP) is 3.42. The molecule has 0 aliphatic carbocycles. The first-order chi connectivity index (χ1) is 19.9. The van der Waals surface area contributed by atoms with Gasteiger partial charge in [0.15, 0.2) is 28.8 Å². The van der Waals surface area contributed by atoms with Crippen molar-refractivity contribution >= 4 is 22.6 Å². The molecular formula is C28H24F2N6O5. The molecule has 1 atom stereocenters. The third-order valence-corrected chi connectivity index (χ3v) is 6.15. The summed E-state index contributed by atoms with van der Waals surface area (Å²) in [6.07, 6.45) is 2.51. The lowest BCUT2D eigenvalue weighted by Gasteiger charge is -2.15. The van der Waals surface area contributed by atoms with Crippen molar-refractivity contribution in [2.24, 2.45) is 0 Å². The molecule has 210 valence electrons. The number of methoxy groups -OCH3 is 1. The van der Waals surface area contributed by atoms with Crippen molar-refractivity contribution in [2.75, 3.05) is 25.6 Å². The number of fused-ring (bicyclic) bond motifs is 1. The normalized spacial score (nSPS) is 11.9. The Hall–Kier alpha value is -5.01. The van der Waals surface area contributed by atoms with Gasteiger partial charge in [-0.15, -0.1) is 0 Å². The Morgan fingerprint density at radius 3 is 2.63 bits per heavy atom. The summed E-state index contributed by atoms with van der Waals surface area (Å²) in [4.78, 5) is 30.1. The Morgan fingerprint density at radius 2 is 1.90 bits per heavy atom. The number of halogens is 2. The highest BCUT2D eigenvalue weighted by Crippen LogP contribution is 2.34. The maximum atomic E-state index is 15.1. The third-order valence-electron chi connectivity index (χ3n) is 6.15. The second-order valence-electron chi connectivity index (χ2n) is 8.99. The summed E-state index contributed by atoms with van der Waals surface area (Å²) >= 11 is 0. The molecule has 0 saturated carbocycles. The molecule has 3 heterocycles. The van der Waals surface area contributed by atoms with Crippen LogP contribution in [0, 0.1) is 11.6 Å². The highest BCUT2D eigenvalue weighted by Gasteiger charge is 2.19. The number of pyridine rings is 1. The maximum absolute atomic E-state index is 15.1. The molecule has 0 saturated heterocycles. The summed E-state index contributed by atoms with van der Waals surface area (Å²) in [5.74, 6) is -1.27. The van der Waals surface area contributed by atoms with Crippen LogP contribution in [0.15, 0.2) is 71.8 Å². The van der Waals surface area contributed by atoms with Gasteiger partial charge < -0.3 is 19.9 Å². The highest BCUT2D eigenvalue weighted by atomic mass is 19.1. The lowest BCUT2D eigenvalue weighted by Crippen LogP contribution is -2.29. The Morgan fingerprint density at radius 1 is 1.10 bits per heavy atom. The van der Waals surface area contributed by atoms with E-state index in [1.54, 1.807) is 6.07 Å². The molecule has 2 aromatic carbocycles. The van der Waals surface area contributed by atoms with Crippen LogP contribution in [0.3, 0.4) is 0 Å². The van der Waals surface area contributed by atoms with Gasteiger partial charge in [0.2, 0.25) is 0 Å². The number of aliphatic hydroxyl groups excluding tert-OH is 1. The molecule has 11 nitrogen and oxygen atoms in total. The molecular weight excluding hydrogens is 538 g/mol. The Bertz CT molecular complexity index is 1760. The smallest absolute Gasteiger partial charge is 0.282 e. The first-order valence-corrected chi connectivity index (χ1v) is 12.4. The molecule has 41 heavy (non-hydrogen) atoms. The predicted molar refractivity (Wildman–Crippen MR) is 145 cm³/mol. The highest BCUT2D eigenvalue weighted by molar-refractivity contribution is 5.97. The molecule has 0 spiro atoms.